The van der Waals surface area contributed by atoms with Crippen molar-refractivity contribution >= 4 is 17.8 Å². The highest BCUT2D eigenvalue weighted by atomic mass is 16.4. The van der Waals surface area contributed by atoms with E-state index >= 15 is 0 Å². The van der Waals surface area contributed by atoms with Crippen LogP contribution in [0.2, 0.25) is 0 Å². The Morgan fingerprint density at radius 2 is 1.81 bits per heavy atom. The smallest absolute Gasteiger partial charge is 0.307 e. The van der Waals surface area contributed by atoms with Crippen molar-refractivity contribution in [2.45, 2.75) is 33.6 Å². The zero-order valence-electron chi connectivity index (χ0n) is 13.3. The van der Waals surface area contributed by atoms with Gasteiger partial charge in [0.05, 0.1) is 18.4 Å². The lowest BCUT2D eigenvalue weighted by molar-refractivity contribution is -0.149. The molecule has 0 aromatic rings. The van der Waals surface area contributed by atoms with Crippen molar-refractivity contribution in [1.82, 2.24) is 10.2 Å². The van der Waals surface area contributed by atoms with E-state index in [-0.39, 0.29) is 24.3 Å². The van der Waals surface area contributed by atoms with Gasteiger partial charge in [0.25, 0.3) is 0 Å². The van der Waals surface area contributed by atoms with E-state index in [0.29, 0.717) is 25.3 Å². The third-order valence-electron chi connectivity index (χ3n) is 3.90. The molecule has 1 aliphatic carbocycles. The zero-order valence-corrected chi connectivity index (χ0v) is 13.3. The summed E-state index contributed by atoms with van der Waals surface area (Å²) in [6.07, 6.45) is 1.10. The first-order valence-electron chi connectivity index (χ1n) is 7.46. The van der Waals surface area contributed by atoms with Gasteiger partial charge >= 0.3 is 5.97 Å². The van der Waals surface area contributed by atoms with E-state index < -0.39 is 17.8 Å². The number of amides is 2. The molecule has 0 bridgehead atoms. The van der Waals surface area contributed by atoms with Crippen LogP contribution in [0.5, 0.6) is 0 Å². The third-order valence-corrected chi connectivity index (χ3v) is 3.90. The van der Waals surface area contributed by atoms with Crippen LogP contribution in [-0.4, -0.2) is 47.9 Å². The topological polar surface area (TPSA) is 86.7 Å². The molecule has 6 heteroatoms. The summed E-state index contributed by atoms with van der Waals surface area (Å²) in [6, 6.07) is 0. The predicted molar refractivity (Wildman–Crippen MR) is 78.5 cm³/mol. The van der Waals surface area contributed by atoms with E-state index in [1.165, 1.54) is 4.90 Å². The average Bonchev–Trinajstić information content (AvgIpc) is 2.77. The average molecular weight is 298 g/mol. The lowest BCUT2D eigenvalue weighted by Crippen LogP contribution is -2.43. The molecular weight excluding hydrogens is 272 g/mol. The Hall–Kier alpha value is -1.59. The zero-order chi connectivity index (χ0) is 16.2. The maximum Gasteiger partial charge on any atom is 0.307 e. The first-order chi connectivity index (χ1) is 9.72. The van der Waals surface area contributed by atoms with Crippen molar-refractivity contribution < 1.29 is 19.5 Å². The van der Waals surface area contributed by atoms with Crippen molar-refractivity contribution in [2.75, 3.05) is 20.1 Å². The molecule has 1 unspecified atom stereocenters. The van der Waals surface area contributed by atoms with Crippen LogP contribution in [-0.2, 0) is 14.4 Å². The van der Waals surface area contributed by atoms with E-state index in [4.69, 9.17) is 0 Å². The van der Waals surface area contributed by atoms with E-state index in [1.807, 2.05) is 20.8 Å². The summed E-state index contributed by atoms with van der Waals surface area (Å²) in [6.45, 7) is 6.49. The molecule has 0 spiro atoms. The van der Waals surface area contributed by atoms with Crippen LogP contribution in [0.3, 0.4) is 0 Å². The number of carbonyl (C=O) groups is 3. The van der Waals surface area contributed by atoms with Gasteiger partial charge in [-0.3, -0.25) is 14.4 Å². The molecule has 0 saturated heterocycles. The molecule has 6 nitrogen and oxygen atoms in total. The Labute approximate surface area is 125 Å². The standard InChI is InChI=1S/C15H26N2O4/c1-9(2)7-16-13(18)8-17(4)14(19)11-5-10(3)6-12(11)15(20)21/h9-12H,5-8H2,1-4H3,(H,16,18)(H,20,21)/t10?,11-,12+/m0/s1. The monoisotopic (exact) mass is 298 g/mol. The Bertz CT molecular complexity index is 408. The summed E-state index contributed by atoms with van der Waals surface area (Å²) in [4.78, 5) is 36.7. The summed E-state index contributed by atoms with van der Waals surface area (Å²) in [5.74, 6) is -1.95. The van der Waals surface area contributed by atoms with Crippen LogP contribution in [0.1, 0.15) is 33.6 Å². The largest absolute Gasteiger partial charge is 0.481 e. The van der Waals surface area contributed by atoms with E-state index in [1.54, 1.807) is 7.05 Å². The van der Waals surface area contributed by atoms with Gasteiger partial charge in [-0.1, -0.05) is 20.8 Å². The number of carboxylic acid groups (broad SMARTS) is 1. The van der Waals surface area contributed by atoms with Crippen LogP contribution < -0.4 is 5.32 Å². The molecule has 2 N–H and O–H groups in total. The molecule has 0 aliphatic heterocycles. The van der Waals surface area contributed by atoms with Gasteiger partial charge in [0.1, 0.15) is 0 Å². The van der Waals surface area contributed by atoms with Crippen molar-refractivity contribution in [3.63, 3.8) is 0 Å². The Morgan fingerprint density at radius 3 is 2.33 bits per heavy atom. The lowest BCUT2D eigenvalue weighted by atomic mass is 9.95. The number of rotatable bonds is 6. The minimum Gasteiger partial charge on any atom is -0.481 e. The van der Waals surface area contributed by atoms with Crippen molar-refractivity contribution in [1.29, 1.82) is 0 Å². The minimum atomic E-state index is -0.921. The molecule has 1 fully saturated rings. The summed E-state index contributed by atoms with van der Waals surface area (Å²) in [7, 11) is 1.55. The fourth-order valence-corrected chi connectivity index (χ4v) is 2.79. The normalized spacial score (nSPS) is 24.9. The molecule has 2 amide bonds. The van der Waals surface area contributed by atoms with E-state index in [2.05, 4.69) is 5.32 Å². The molecular formula is C15H26N2O4. The van der Waals surface area contributed by atoms with Crippen LogP contribution in [0.15, 0.2) is 0 Å². The molecule has 0 heterocycles. The molecule has 1 aliphatic rings. The Morgan fingerprint density at radius 1 is 1.24 bits per heavy atom. The van der Waals surface area contributed by atoms with Gasteiger partial charge < -0.3 is 15.3 Å². The number of aliphatic carboxylic acids is 1. The maximum absolute atomic E-state index is 12.4. The Balaban J connectivity index is 2.57. The number of carbonyl (C=O) groups excluding carboxylic acids is 2. The molecule has 21 heavy (non-hydrogen) atoms. The molecule has 0 aromatic carbocycles. The highest BCUT2D eigenvalue weighted by Crippen LogP contribution is 2.37. The predicted octanol–water partition coefficient (Wildman–Crippen LogP) is 0.964. The second-order valence-electron chi connectivity index (χ2n) is 6.52. The number of nitrogens with zero attached hydrogens (tertiary/aromatic N) is 1. The molecule has 0 radical (unpaired) electrons. The minimum absolute atomic E-state index is 0.0250. The summed E-state index contributed by atoms with van der Waals surface area (Å²) < 4.78 is 0. The first kappa shape index (κ1) is 17.5. The lowest BCUT2D eigenvalue weighted by Gasteiger charge is -2.23. The van der Waals surface area contributed by atoms with Crippen LogP contribution in [0.4, 0.5) is 0 Å². The first-order valence-corrected chi connectivity index (χ1v) is 7.46. The fourth-order valence-electron chi connectivity index (χ4n) is 2.79. The second kappa shape index (κ2) is 7.43. The van der Waals surface area contributed by atoms with Crippen molar-refractivity contribution in [3.05, 3.63) is 0 Å². The summed E-state index contributed by atoms with van der Waals surface area (Å²) in [5, 5.41) is 12.0. The number of likely N-dealkylation sites (N-methyl/N-ethyl adjacent to an activating group) is 1. The number of hydrogen-bond acceptors (Lipinski definition) is 3. The summed E-state index contributed by atoms with van der Waals surface area (Å²) in [5.41, 5.74) is 0. The van der Waals surface area contributed by atoms with Crippen LogP contribution in [0.25, 0.3) is 0 Å². The van der Waals surface area contributed by atoms with Crippen LogP contribution >= 0.6 is 0 Å². The van der Waals surface area contributed by atoms with Crippen LogP contribution in [0, 0.1) is 23.7 Å². The molecule has 120 valence electrons. The highest BCUT2D eigenvalue weighted by molar-refractivity contribution is 5.88. The Kier molecular flexibility index (Phi) is 6.18. The van der Waals surface area contributed by atoms with Gasteiger partial charge in [-0.25, -0.2) is 0 Å². The van der Waals surface area contributed by atoms with E-state index in [9.17, 15) is 19.5 Å². The highest BCUT2D eigenvalue weighted by Gasteiger charge is 2.42. The fraction of sp³-hybridized carbons (Fsp3) is 0.800. The van der Waals surface area contributed by atoms with Gasteiger partial charge in [-0.2, -0.15) is 0 Å². The number of carboxylic acids is 1. The maximum atomic E-state index is 12.4. The number of nitrogens with one attached hydrogen (secondary N) is 1. The second-order valence-corrected chi connectivity index (χ2v) is 6.52. The van der Waals surface area contributed by atoms with Gasteiger partial charge in [0.2, 0.25) is 11.8 Å². The molecule has 3 atom stereocenters. The number of hydrogen-bond donors (Lipinski definition) is 2. The molecule has 0 aromatic heterocycles. The van der Waals surface area contributed by atoms with Gasteiger partial charge in [0.15, 0.2) is 0 Å². The van der Waals surface area contributed by atoms with Gasteiger partial charge in [-0.05, 0) is 24.7 Å². The van der Waals surface area contributed by atoms with Crippen molar-refractivity contribution in [2.24, 2.45) is 23.7 Å². The van der Waals surface area contributed by atoms with Crippen molar-refractivity contribution in [3.8, 4) is 0 Å². The summed E-state index contributed by atoms with van der Waals surface area (Å²) >= 11 is 0. The molecule has 1 rings (SSSR count). The molecule has 1 saturated carbocycles. The van der Waals surface area contributed by atoms with E-state index in [0.717, 1.165) is 0 Å². The quantitative estimate of drug-likeness (QED) is 0.765. The SMILES string of the molecule is CC(C)CNC(=O)CN(C)C(=O)[C@H]1CC(C)C[C@H]1C(=O)O. The third kappa shape index (κ3) is 5.02. The van der Waals surface area contributed by atoms with Gasteiger partial charge in [0, 0.05) is 13.6 Å². The van der Waals surface area contributed by atoms with Gasteiger partial charge in [-0.15, -0.1) is 0 Å².